The van der Waals surface area contributed by atoms with Crippen molar-refractivity contribution in [2.24, 2.45) is 0 Å². The summed E-state index contributed by atoms with van der Waals surface area (Å²) in [7, 11) is 1.64. The Bertz CT molecular complexity index is 1480. The lowest BCUT2D eigenvalue weighted by Gasteiger charge is -2.12. The van der Waals surface area contributed by atoms with Crippen LogP contribution in [0.3, 0.4) is 0 Å². The van der Waals surface area contributed by atoms with E-state index in [1.54, 1.807) is 37.7 Å². The zero-order valence-electron chi connectivity index (χ0n) is 19.1. The molecule has 0 saturated carbocycles. The standard InChI is InChI=1S/C29H23NO4S/c1-32-23-9-7-20(8-10-23)18-33-24-11-12-25-26(17-24)34-29(35-19-21-13-15-30-16-14-21)27(28(25)31)22-5-3-2-4-6-22/h2-17H,18-19H2,1H3. The Labute approximate surface area is 207 Å². The van der Waals surface area contributed by atoms with Gasteiger partial charge in [0.15, 0.2) is 5.09 Å². The number of nitrogens with zero attached hydrogens (tertiary/aromatic N) is 1. The summed E-state index contributed by atoms with van der Waals surface area (Å²) in [4.78, 5) is 17.7. The highest BCUT2D eigenvalue weighted by Crippen LogP contribution is 2.34. The zero-order valence-corrected chi connectivity index (χ0v) is 20.0. The van der Waals surface area contributed by atoms with E-state index in [9.17, 15) is 4.79 Å². The number of pyridine rings is 1. The molecule has 6 heteroatoms. The molecule has 0 spiro atoms. The Hall–Kier alpha value is -4.03. The third-order valence-electron chi connectivity index (χ3n) is 5.58. The highest BCUT2D eigenvalue weighted by molar-refractivity contribution is 7.98. The fraction of sp³-hybridized carbons (Fsp3) is 0.103. The number of thioether (sulfide) groups is 1. The van der Waals surface area contributed by atoms with Crippen LogP contribution >= 0.6 is 11.8 Å². The van der Waals surface area contributed by atoms with E-state index in [1.165, 1.54) is 11.8 Å². The SMILES string of the molecule is COc1ccc(COc2ccc3c(=O)c(-c4ccccc4)c(SCc4ccncc4)oc3c2)cc1. The Morgan fingerprint density at radius 1 is 0.857 bits per heavy atom. The van der Waals surface area contributed by atoms with Gasteiger partial charge in [-0.25, -0.2) is 0 Å². The van der Waals surface area contributed by atoms with E-state index in [4.69, 9.17) is 13.9 Å². The Kier molecular flexibility index (Phi) is 6.82. The molecular weight excluding hydrogens is 458 g/mol. The van der Waals surface area contributed by atoms with Crippen molar-refractivity contribution in [1.29, 1.82) is 0 Å². The molecule has 174 valence electrons. The monoisotopic (exact) mass is 481 g/mol. The molecule has 5 aromatic rings. The summed E-state index contributed by atoms with van der Waals surface area (Å²) < 4.78 is 17.5. The minimum Gasteiger partial charge on any atom is -0.497 e. The summed E-state index contributed by atoms with van der Waals surface area (Å²) in [5.74, 6) is 2.09. The van der Waals surface area contributed by atoms with E-state index in [1.807, 2.05) is 66.7 Å². The van der Waals surface area contributed by atoms with Crippen LogP contribution in [-0.4, -0.2) is 12.1 Å². The summed E-state index contributed by atoms with van der Waals surface area (Å²) >= 11 is 1.50. The van der Waals surface area contributed by atoms with Crippen molar-refractivity contribution >= 4 is 22.7 Å². The fourth-order valence-electron chi connectivity index (χ4n) is 3.71. The van der Waals surface area contributed by atoms with E-state index in [-0.39, 0.29) is 5.43 Å². The smallest absolute Gasteiger partial charge is 0.201 e. The second kappa shape index (κ2) is 10.5. The van der Waals surface area contributed by atoms with Crippen LogP contribution < -0.4 is 14.9 Å². The largest absolute Gasteiger partial charge is 0.497 e. The summed E-state index contributed by atoms with van der Waals surface area (Å²) in [6, 6.07) is 26.6. The molecule has 0 fully saturated rings. The maximum absolute atomic E-state index is 13.6. The molecule has 0 aliphatic carbocycles. The van der Waals surface area contributed by atoms with Crippen molar-refractivity contribution in [2.45, 2.75) is 17.5 Å². The number of aromatic nitrogens is 1. The van der Waals surface area contributed by atoms with Crippen LogP contribution in [0, 0.1) is 0 Å². The van der Waals surface area contributed by atoms with E-state index in [0.717, 1.165) is 22.4 Å². The number of methoxy groups -OCH3 is 1. The molecule has 0 atom stereocenters. The van der Waals surface area contributed by atoms with Gasteiger partial charge in [0.25, 0.3) is 0 Å². The number of hydrogen-bond acceptors (Lipinski definition) is 6. The van der Waals surface area contributed by atoms with Crippen LogP contribution in [0.4, 0.5) is 0 Å². The molecule has 5 rings (SSSR count). The van der Waals surface area contributed by atoms with Gasteiger partial charge in [0, 0.05) is 24.2 Å². The van der Waals surface area contributed by atoms with Crippen molar-refractivity contribution in [3.8, 4) is 22.6 Å². The first-order valence-corrected chi connectivity index (χ1v) is 12.1. The van der Waals surface area contributed by atoms with Gasteiger partial charge in [-0.2, -0.15) is 0 Å². The van der Waals surface area contributed by atoms with Crippen LogP contribution in [0.1, 0.15) is 11.1 Å². The van der Waals surface area contributed by atoms with Gasteiger partial charge >= 0.3 is 0 Å². The van der Waals surface area contributed by atoms with Gasteiger partial charge in [-0.15, -0.1) is 0 Å². The minimum absolute atomic E-state index is 0.0589. The van der Waals surface area contributed by atoms with Crippen LogP contribution in [-0.2, 0) is 12.4 Å². The predicted octanol–water partition coefficient (Wildman–Crippen LogP) is 6.73. The van der Waals surface area contributed by atoms with Crippen LogP contribution in [0.25, 0.3) is 22.1 Å². The van der Waals surface area contributed by atoms with Gasteiger partial charge < -0.3 is 13.9 Å². The fourth-order valence-corrected chi connectivity index (χ4v) is 4.71. The van der Waals surface area contributed by atoms with Gasteiger partial charge in [-0.05, 0) is 53.1 Å². The second-order valence-corrected chi connectivity index (χ2v) is 8.85. The average Bonchev–Trinajstić information content (AvgIpc) is 2.92. The molecule has 0 aliphatic heterocycles. The van der Waals surface area contributed by atoms with Crippen LogP contribution in [0.5, 0.6) is 11.5 Å². The van der Waals surface area contributed by atoms with Crippen LogP contribution in [0.15, 0.2) is 112 Å². The number of hydrogen-bond donors (Lipinski definition) is 0. The lowest BCUT2D eigenvalue weighted by Crippen LogP contribution is -2.07. The maximum Gasteiger partial charge on any atom is 0.201 e. The maximum atomic E-state index is 13.6. The van der Waals surface area contributed by atoms with Crippen molar-refractivity contribution in [1.82, 2.24) is 4.98 Å². The third kappa shape index (κ3) is 5.23. The molecular formula is C29H23NO4S. The Morgan fingerprint density at radius 3 is 2.34 bits per heavy atom. The van der Waals surface area contributed by atoms with Gasteiger partial charge in [0.05, 0.1) is 18.1 Å². The molecule has 0 aliphatic rings. The lowest BCUT2D eigenvalue weighted by molar-refractivity contribution is 0.305. The third-order valence-corrected chi connectivity index (χ3v) is 6.61. The normalized spacial score (nSPS) is 10.9. The predicted molar refractivity (Wildman–Crippen MR) is 139 cm³/mol. The van der Waals surface area contributed by atoms with E-state index < -0.39 is 0 Å². The summed E-state index contributed by atoms with van der Waals surface area (Å²) in [6.45, 7) is 0.394. The Balaban J connectivity index is 1.48. The van der Waals surface area contributed by atoms with E-state index in [0.29, 0.717) is 39.7 Å². The molecule has 2 aromatic heterocycles. The molecule has 0 radical (unpaired) electrons. The first-order valence-electron chi connectivity index (χ1n) is 11.1. The molecule has 3 aromatic carbocycles. The molecule has 0 unspecified atom stereocenters. The van der Waals surface area contributed by atoms with Gasteiger partial charge in [-0.3, -0.25) is 9.78 Å². The van der Waals surface area contributed by atoms with Crippen molar-refractivity contribution in [3.05, 3.63) is 119 Å². The first-order chi connectivity index (χ1) is 17.2. The second-order valence-electron chi connectivity index (χ2n) is 7.90. The van der Waals surface area contributed by atoms with Gasteiger partial charge in [0.1, 0.15) is 23.7 Å². The molecule has 5 nitrogen and oxygen atoms in total. The van der Waals surface area contributed by atoms with Crippen LogP contribution in [0.2, 0.25) is 0 Å². The Morgan fingerprint density at radius 2 is 1.60 bits per heavy atom. The lowest BCUT2D eigenvalue weighted by atomic mass is 10.1. The molecule has 0 saturated heterocycles. The highest BCUT2D eigenvalue weighted by Gasteiger charge is 2.17. The van der Waals surface area contributed by atoms with E-state index in [2.05, 4.69) is 4.98 Å². The van der Waals surface area contributed by atoms with Gasteiger partial charge in [-0.1, -0.05) is 54.2 Å². The summed E-state index contributed by atoms with van der Waals surface area (Å²) in [5.41, 5.74) is 3.96. The van der Waals surface area contributed by atoms with Crippen molar-refractivity contribution in [3.63, 3.8) is 0 Å². The number of rotatable bonds is 8. The average molecular weight is 482 g/mol. The highest BCUT2D eigenvalue weighted by atomic mass is 32.2. The molecule has 35 heavy (non-hydrogen) atoms. The zero-order chi connectivity index (χ0) is 24.0. The summed E-state index contributed by atoms with van der Waals surface area (Å²) in [6.07, 6.45) is 3.52. The first kappa shape index (κ1) is 22.7. The number of ether oxygens (including phenoxy) is 2. The molecule has 0 amide bonds. The van der Waals surface area contributed by atoms with Crippen molar-refractivity contribution < 1.29 is 13.9 Å². The summed E-state index contributed by atoms with van der Waals surface area (Å²) in [5, 5.41) is 1.10. The molecule has 2 heterocycles. The minimum atomic E-state index is -0.0589. The molecule has 0 N–H and O–H groups in total. The van der Waals surface area contributed by atoms with Crippen molar-refractivity contribution in [2.75, 3.05) is 7.11 Å². The topological polar surface area (TPSA) is 61.6 Å². The number of benzene rings is 3. The quantitative estimate of drug-likeness (QED) is 0.229. The molecule has 0 bridgehead atoms. The van der Waals surface area contributed by atoms with Gasteiger partial charge in [0.2, 0.25) is 5.43 Å². The number of fused-ring (bicyclic) bond motifs is 1. The van der Waals surface area contributed by atoms with E-state index >= 15 is 0 Å².